The van der Waals surface area contributed by atoms with E-state index in [0.717, 1.165) is 26.2 Å². The van der Waals surface area contributed by atoms with Gasteiger partial charge in [0.05, 0.1) is 11.4 Å². The van der Waals surface area contributed by atoms with E-state index in [0.29, 0.717) is 37.6 Å². The third kappa shape index (κ3) is 5.55. The van der Waals surface area contributed by atoms with Crippen molar-refractivity contribution < 1.29 is 13.2 Å². The van der Waals surface area contributed by atoms with E-state index in [-0.39, 0.29) is 30.7 Å². The fraction of sp³-hybridized carbons (Fsp3) is 0.562. The molecular formula is C16H26Cl2N4O3S. The van der Waals surface area contributed by atoms with E-state index in [1.165, 1.54) is 4.31 Å². The Morgan fingerprint density at radius 2 is 1.50 bits per heavy atom. The highest BCUT2D eigenvalue weighted by Gasteiger charge is 2.30. The molecular weight excluding hydrogens is 399 g/mol. The van der Waals surface area contributed by atoms with Crippen LogP contribution in [0.2, 0.25) is 0 Å². The number of carbonyl (C=O) groups is 1. The van der Waals surface area contributed by atoms with Gasteiger partial charge in [-0.2, -0.15) is 4.31 Å². The molecule has 0 aromatic heterocycles. The molecule has 0 bridgehead atoms. The van der Waals surface area contributed by atoms with E-state index < -0.39 is 10.0 Å². The monoisotopic (exact) mass is 424 g/mol. The highest BCUT2D eigenvalue weighted by Crippen LogP contribution is 2.17. The van der Waals surface area contributed by atoms with Crippen molar-refractivity contribution in [2.45, 2.75) is 4.90 Å². The van der Waals surface area contributed by atoms with Crippen LogP contribution >= 0.6 is 24.8 Å². The first-order valence-electron chi connectivity index (χ1n) is 8.33. The zero-order valence-electron chi connectivity index (χ0n) is 14.5. The second-order valence-electron chi connectivity index (χ2n) is 6.12. The van der Waals surface area contributed by atoms with Gasteiger partial charge in [-0.3, -0.25) is 9.69 Å². The van der Waals surface area contributed by atoms with Crippen LogP contribution in [0.4, 0.5) is 0 Å². The zero-order valence-corrected chi connectivity index (χ0v) is 17.0. The van der Waals surface area contributed by atoms with Gasteiger partial charge in [-0.15, -0.1) is 24.8 Å². The Bertz CT molecular complexity index is 661. The molecule has 0 aliphatic carbocycles. The number of nitrogens with one attached hydrogen (secondary N) is 1. The molecule has 2 aliphatic heterocycles. The molecule has 0 radical (unpaired) electrons. The van der Waals surface area contributed by atoms with Gasteiger partial charge in [0.25, 0.3) is 0 Å². The third-order valence-corrected chi connectivity index (χ3v) is 6.45. The molecule has 0 spiro atoms. The van der Waals surface area contributed by atoms with Crippen molar-refractivity contribution in [1.29, 1.82) is 0 Å². The highest BCUT2D eigenvalue weighted by atomic mass is 35.5. The molecule has 2 heterocycles. The lowest BCUT2D eigenvalue weighted by Gasteiger charge is -2.35. The number of hydrogen-bond acceptors (Lipinski definition) is 5. The Labute approximate surface area is 167 Å². The summed E-state index contributed by atoms with van der Waals surface area (Å²) in [4.78, 5) is 16.6. The fourth-order valence-corrected chi connectivity index (χ4v) is 4.52. The van der Waals surface area contributed by atoms with Crippen LogP contribution in [0.5, 0.6) is 0 Å². The van der Waals surface area contributed by atoms with E-state index in [2.05, 4.69) is 10.2 Å². The van der Waals surface area contributed by atoms with Crippen molar-refractivity contribution in [3.8, 4) is 0 Å². The summed E-state index contributed by atoms with van der Waals surface area (Å²) >= 11 is 0. The predicted molar refractivity (Wildman–Crippen MR) is 106 cm³/mol. The molecule has 1 N–H and O–H groups in total. The normalized spacial score (nSPS) is 19.3. The lowest BCUT2D eigenvalue weighted by molar-refractivity contribution is -0.133. The third-order valence-electron chi connectivity index (χ3n) is 4.54. The molecule has 1 aromatic rings. The molecule has 7 nitrogen and oxygen atoms in total. The van der Waals surface area contributed by atoms with Gasteiger partial charge < -0.3 is 10.2 Å². The lowest BCUT2D eigenvalue weighted by atomic mass is 10.3. The number of halogens is 2. The summed E-state index contributed by atoms with van der Waals surface area (Å²) in [6, 6.07) is 8.46. The van der Waals surface area contributed by atoms with Crippen LogP contribution in [0.1, 0.15) is 0 Å². The summed E-state index contributed by atoms with van der Waals surface area (Å²) in [7, 11) is -3.46. The maximum atomic E-state index is 12.6. The van der Waals surface area contributed by atoms with Gasteiger partial charge in [-0.25, -0.2) is 8.42 Å². The quantitative estimate of drug-likeness (QED) is 0.750. The van der Waals surface area contributed by atoms with E-state index in [1.54, 1.807) is 35.2 Å². The molecule has 2 aliphatic rings. The SMILES string of the molecule is Cl.Cl.O=C(CN1CCNCC1)N1CCN(S(=O)(=O)c2ccccc2)CC1. The molecule has 26 heavy (non-hydrogen) atoms. The van der Waals surface area contributed by atoms with E-state index >= 15 is 0 Å². The molecule has 1 amide bonds. The topological polar surface area (TPSA) is 73.0 Å². The Morgan fingerprint density at radius 3 is 2.08 bits per heavy atom. The van der Waals surface area contributed by atoms with Gasteiger partial charge in [-0.1, -0.05) is 18.2 Å². The smallest absolute Gasteiger partial charge is 0.243 e. The van der Waals surface area contributed by atoms with Crippen molar-refractivity contribution in [2.24, 2.45) is 0 Å². The minimum Gasteiger partial charge on any atom is -0.339 e. The summed E-state index contributed by atoms with van der Waals surface area (Å²) < 4.78 is 26.6. The Balaban J connectivity index is 0.00000169. The van der Waals surface area contributed by atoms with Gasteiger partial charge in [0.2, 0.25) is 15.9 Å². The number of piperazine rings is 2. The van der Waals surface area contributed by atoms with Gasteiger partial charge >= 0.3 is 0 Å². The first-order chi connectivity index (χ1) is 11.6. The Hall–Kier alpha value is -0.900. The predicted octanol–water partition coefficient (Wildman–Crippen LogP) is 0.268. The maximum absolute atomic E-state index is 12.6. The number of rotatable bonds is 4. The minimum atomic E-state index is -3.46. The summed E-state index contributed by atoms with van der Waals surface area (Å²) in [5.41, 5.74) is 0. The first-order valence-corrected chi connectivity index (χ1v) is 9.77. The lowest BCUT2D eigenvalue weighted by Crippen LogP contribution is -2.54. The highest BCUT2D eigenvalue weighted by molar-refractivity contribution is 7.89. The average molecular weight is 425 g/mol. The maximum Gasteiger partial charge on any atom is 0.243 e. The standard InChI is InChI=1S/C16H24N4O3S.2ClH/c21-16(14-18-8-6-17-7-9-18)19-10-12-20(13-11-19)24(22,23)15-4-2-1-3-5-15;;/h1-5,17H,6-14H2;2*1H. The zero-order chi connectivity index (χ0) is 17.0. The second kappa shape index (κ2) is 10.4. The summed E-state index contributed by atoms with van der Waals surface area (Å²) in [6.07, 6.45) is 0. The van der Waals surface area contributed by atoms with Crippen molar-refractivity contribution in [2.75, 3.05) is 58.9 Å². The second-order valence-corrected chi connectivity index (χ2v) is 8.06. The van der Waals surface area contributed by atoms with Gasteiger partial charge in [0.1, 0.15) is 0 Å². The Morgan fingerprint density at radius 1 is 0.923 bits per heavy atom. The molecule has 2 fully saturated rings. The van der Waals surface area contributed by atoms with Crippen molar-refractivity contribution in [1.82, 2.24) is 19.4 Å². The largest absolute Gasteiger partial charge is 0.339 e. The van der Waals surface area contributed by atoms with Crippen LogP contribution in [-0.4, -0.2) is 87.3 Å². The number of sulfonamides is 1. The molecule has 0 saturated carbocycles. The van der Waals surface area contributed by atoms with Crippen LogP contribution in [0.3, 0.4) is 0 Å². The number of benzene rings is 1. The van der Waals surface area contributed by atoms with Crippen molar-refractivity contribution in [3.05, 3.63) is 30.3 Å². The molecule has 1 aromatic carbocycles. The number of hydrogen-bond donors (Lipinski definition) is 1. The van der Waals surface area contributed by atoms with E-state index in [1.807, 2.05) is 0 Å². The van der Waals surface area contributed by atoms with Crippen molar-refractivity contribution in [3.63, 3.8) is 0 Å². The van der Waals surface area contributed by atoms with Crippen LogP contribution in [0, 0.1) is 0 Å². The molecule has 0 unspecified atom stereocenters. The number of nitrogens with zero attached hydrogens (tertiary/aromatic N) is 3. The summed E-state index contributed by atoms with van der Waals surface area (Å²) in [5, 5.41) is 3.27. The van der Waals surface area contributed by atoms with Gasteiger partial charge in [-0.05, 0) is 12.1 Å². The fourth-order valence-electron chi connectivity index (χ4n) is 3.08. The molecule has 148 valence electrons. The molecule has 3 rings (SSSR count). The van der Waals surface area contributed by atoms with Crippen LogP contribution in [0.15, 0.2) is 35.2 Å². The molecule has 0 atom stereocenters. The van der Waals surface area contributed by atoms with Crippen LogP contribution < -0.4 is 5.32 Å². The summed E-state index contributed by atoms with van der Waals surface area (Å²) in [6.45, 7) is 5.63. The first kappa shape index (κ1) is 23.1. The minimum absolute atomic E-state index is 0. The van der Waals surface area contributed by atoms with E-state index in [9.17, 15) is 13.2 Å². The van der Waals surface area contributed by atoms with Gasteiger partial charge in [0, 0.05) is 52.4 Å². The van der Waals surface area contributed by atoms with E-state index in [4.69, 9.17) is 0 Å². The average Bonchev–Trinajstić information content (AvgIpc) is 2.63. The van der Waals surface area contributed by atoms with Crippen LogP contribution in [0.25, 0.3) is 0 Å². The molecule has 2 saturated heterocycles. The van der Waals surface area contributed by atoms with Gasteiger partial charge in [0.15, 0.2) is 0 Å². The molecule has 10 heteroatoms. The number of amides is 1. The van der Waals surface area contributed by atoms with Crippen molar-refractivity contribution >= 4 is 40.7 Å². The summed E-state index contributed by atoms with van der Waals surface area (Å²) in [5.74, 6) is 0.0914. The van der Waals surface area contributed by atoms with Crippen LogP contribution in [-0.2, 0) is 14.8 Å². The number of carbonyl (C=O) groups excluding carboxylic acids is 1. The Kier molecular flexibility index (Phi) is 9.29.